The second-order valence-corrected chi connectivity index (χ2v) is 5.70. The van der Waals surface area contributed by atoms with Gasteiger partial charge in [-0.3, -0.25) is 0 Å². The predicted molar refractivity (Wildman–Crippen MR) is 89.3 cm³/mol. The summed E-state index contributed by atoms with van der Waals surface area (Å²) in [4.78, 5) is 0. The van der Waals surface area contributed by atoms with Crippen molar-refractivity contribution >= 4 is 23.2 Å². The van der Waals surface area contributed by atoms with Gasteiger partial charge in [0, 0.05) is 22.6 Å². The van der Waals surface area contributed by atoms with Crippen LogP contribution in [0.2, 0.25) is 10.0 Å². The number of rotatable bonds is 6. The minimum absolute atomic E-state index is 0.205. The molecule has 0 amide bonds. The Morgan fingerprint density at radius 3 is 2.38 bits per heavy atom. The molecule has 2 aromatic rings. The SMILES string of the molecule is CCC(NCc1ccc(OC)cc1)c1ccc(Cl)cc1Cl. The first-order chi connectivity index (χ1) is 10.1. The third kappa shape index (κ3) is 4.37. The molecule has 0 spiro atoms. The van der Waals surface area contributed by atoms with Crippen molar-refractivity contribution < 1.29 is 4.74 Å². The van der Waals surface area contributed by atoms with E-state index < -0.39 is 0 Å². The van der Waals surface area contributed by atoms with Gasteiger partial charge < -0.3 is 10.1 Å². The summed E-state index contributed by atoms with van der Waals surface area (Å²) in [5.74, 6) is 0.867. The maximum absolute atomic E-state index is 6.28. The van der Waals surface area contributed by atoms with Crippen molar-refractivity contribution in [2.24, 2.45) is 0 Å². The summed E-state index contributed by atoms with van der Waals surface area (Å²) < 4.78 is 5.16. The Morgan fingerprint density at radius 1 is 1.10 bits per heavy atom. The van der Waals surface area contributed by atoms with Crippen LogP contribution in [0.5, 0.6) is 5.75 Å². The topological polar surface area (TPSA) is 21.3 Å². The maximum atomic E-state index is 6.28. The number of ether oxygens (including phenoxy) is 1. The molecule has 0 saturated carbocycles. The standard InChI is InChI=1S/C17H19Cl2NO/c1-3-17(15-9-6-13(18)10-16(15)19)20-11-12-4-7-14(21-2)8-5-12/h4-10,17,20H,3,11H2,1-2H3. The van der Waals surface area contributed by atoms with Crippen molar-refractivity contribution in [3.05, 3.63) is 63.6 Å². The summed E-state index contributed by atoms with van der Waals surface area (Å²) in [6.07, 6.45) is 0.956. The Hall–Kier alpha value is -1.22. The molecule has 0 saturated heterocycles. The largest absolute Gasteiger partial charge is 0.497 e. The first-order valence-corrected chi connectivity index (χ1v) is 7.71. The third-order valence-corrected chi connectivity index (χ3v) is 4.02. The first-order valence-electron chi connectivity index (χ1n) is 6.95. The second kappa shape index (κ2) is 7.69. The van der Waals surface area contributed by atoms with Crippen LogP contribution in [0.1, 0.15) is 30.5 Å². The first kappa shape index (κ1) is 16.2. The molecule has 1 N–H and O–H groups in total. The summed E-state index contributed by atoms with van der Waals surface area (Å²) in [6.45, 7) is 2.91. The molecule has 0 aliphatic rings. The molecular weight excluding hydrogens is 305 g/mol. The average Bonchev–Trinajstić information content (AvgIpc) is 2.50. The van der Waals surface area contributed by atoms with Gasteiger partial charge in [0.1, 0.15) is 5.75 Å². The number of benzene rings is 2. The molecule has 2 nitrogen and oxygen atoms in total. The van der Waals surface area contributed by atoms with Crippen LogP contribution >= 0.6 is 23.2 Å². The summed E-state index contributed by atoms with van der Waals surface area (Å²) in [6, 6.07) is 13.9. The lowest BCUT2D eigenvalue weighted by Crippen LogP contribution is -2.20. The number of hydrogen-bond donors (Lipinski definition) is 1. The lowest BCUT2D eigenvalue weighted by atomic mass is 10.0. The van der Waals surface area contributed by atoms with E-state index in [2.05, 4.69) is 24.4 Å². The molecule has 2 rings (SSSR count). The molecule has 0 bridgehead atoms. The third-order valence-electron chi connectivity index (χ3n) is 3.46. The van der Waals surface area contributed by atoms with Gasteiger partial charge in [-0.25, -0.2) is 0 Å². The number of hydrogen-bond acceptors (Lipinski definition) is 2. The normalized spacial score (nSPS) is 12.2. The molecular formula is C17H19Cl2NO. The van der Waals surface area contributed by atoms with Crippen molar-refractivity contribution in [1.82, 2.24) is 5.32 Å². The van der Waals surface area contributed by atoms with E-state index in [1.807, 2.05) is 24.3 Å². The minimum Gasteiger partial charge on any atom is -0.497 e. The molecule has 0 aliphatic carbocycles. The molecule has 0 radical (unpaired) electrons. The molecule has 0 fully saturated rings. The Bertz CT molecular complexity index is 584. The highest BCUT2D eigenvalue weighted by molar-refractivity contribution is 6.35. The highest BCUT2D eigenvalue weighted by Gasteiger charge is 2.12. The van der Waals surface area contributed by atoms with E-state index in [9.17, 15) is 0 Å². The van der Waals surface area contributed by atoms with Gasteiger partial charge in [-0.1, -0.05) is 48.3 Å². The monoisotopic (exact) mass is 323 g/mol. The Morgan fingerprint density at radius 2 is 1.81 bits per heavy atom. The lowest BCUT2D eigenvalue weighted by molar-refractivity contribution is 0.414. The fourth-order valence-corrected chi connectivity index (χ4v) is 2.78. The van der Waals surface area contributed by atoms with E-state index in [1.165, 1.54) is 5.56 Å². The van der Waals surface area contributed by atoms with E-state index in [1.54, 1.807) is 13.2 Å². The van der Waals surface area contributed by atoms with Crippen molar-refractivity contribution in [3.63, 3.8) is 0 Å². The zero-order valence-electron chi connectivity index (χ0n) is 12.2. The maximum Gasteiger partial charge on any atom is 0.118 e. The Labute approximate surface area is 136 Å². The smallest absolute Gasteiger partial charge is 0.118 e. The predicted octanol–water partition coefficient (Wildman–Crippen LogP) is 5.24. The van der Waals surface area contributed by atoms with Gasteiger partial charge in [0.2, 0.25) is 0 Å². The zero-order chi connectivity index (χ0) is 15.2. The van der Waals surface area contributed by atoms with Crippen LogP contribution in [0.4, 0.5) is 0 Å². The summed E-state index contributed by atoms with van der Waals surface area (Å²) >= 11 is 12.2. The van der Waals surface area contributed by atoms with E-state index in [0.29, 0.717) is 10.0 Å². The van der Waals surface area contributed by atoms with E-state index in [0.717, 1.165) is 24.3 Å². The van der Waals surface area contributed by atoms with Gasteiger partial charge in [-0.2, -0.15) is 0 Å². The number of methoxy groups -OCH3 is 1. The van der Waals surface area contributed by atoms with Gasteiger partial charge in [-0.05, 0) is 41.8 Å². The fourth-order valence-electron chi connectivity index (χ4n) is 2.24. The number of halogens is 2. The van der Waals surface area contributed by atoms with Crippen LogP contribution in [0.15, 0.2) is 42.5 Å². The molecule has 1 atom stereocenters. The minimum atomic E-state index is 0.205. The number of nitrogens with one attached hydrogen (secondary N) is 1. The van der Waals surface area contributed by atoms with E-state index in [4.69, 9.17) is 27.9 Å². The van der Waals surface area contributed by atoms with Crippen LogP contribution in [0.25, 0.3) is 0 Å². The van der Waals surface area contributed by atoms with E-state index >= 15 is 0 Å². The highest BCUT2D eigenvalue weighted by Crippen LogP contribution is 2.28. The van der Waals surface area contributed by atoms with Gasteiger partial charge in [0.25, 0.3) is 0 Å². The second-order valence-electron chi connectivity index (χ2n) is 4.86. The van der Waals surface area contributed by atoms with Crippen molar-refractivity contribution in [1.29, 1.82) is 0 Å². The average molecular weight is 324 g/mol. The van der Waals surface area contributed by atoms with Crippen LogP contribution in [-0.2, 0) is 6.54 Å². The summed E-state index contributed by atoms with van der Waals surface area (Å²) in [7, 11) is 1.67. The van der Waals surface area contributed by atoms with Crippen LogP contribution in [-0.4, -0.2) is 7.11 Å². The molecule has 0 heterocycles. The van der Waals surface area contributed by atoms with Crippen LogP contribution < -0.4 is 10.1 Å². The molecule has 1 unspecified atom stereocenters. The molecule has 2 aromatic carbocycles. The van der Waals surface area contributed by atoms with Gasteiger partial charge >= 0.3 is 0 Å². The van der Waals surface area contributed by atoms with Crippen LogP contribution in [0.3, 0.4) is 0 Å². The van der Waals surface area contributed by atoms with E-state index in [-0.39, 0.29) is 6.04 Å². The van der Waals surface area contributed by atoms with Crippen molar-refractivity contribution in [2.45, 2.75) is 25.9 Å². The van der Waals surface area contributed by atoms with Crippen molar-refractivity contribution in [3.8, 4) is 5.75 Å². The Balaban J connectivity index is 2.04. The summed E-state index contributed by atoms with van der Waals surface area (Å²) in [5, 5.41) is 4.90. The molecule has 4 heteroatoms. The quantitative estimate of drug-likeness (QED) is 0.784. The van der Waals surface area contributed by atoms with Crippen LogP contribution in [0, 0.1) is 0 Å². The van der Waals surface area contributed by atoms with Gasteiger partial charge in [0.15, 0.2) is 0 Å². The fraction of sp³-hybridized carbons (Fsp3) is 0.294. The highest BCUT2D eigenvalue weighted by atomic mass is 35.5. The molecule has 112 valence electrons. The molecule has 0 aliphatic heterocycles. The zero-order valence-corrected chi connectivity index (χ0v) is 13.7. The molecule has 0 aromatic heterocycles. The molecule has 21 heavy (non-hydrogen) atoms. The van der Waals surface area contributed by atoms with Gasteiger partial charge in [0.05, 0.1) is 7.11 Å². The lowest BCUT2D eigenvalue weighted by Gasteiger charge is -2.19. The van der Waals surface area contributed by atoms with Gasteiger partial charge in [-0.15, -0.1) is 0 Å². The Kier molecular flexibility index (Phi) is 5.92. The summed E-state index contributed by atoms with van der Waals surface area (Å²) in [5.41, 5.74) is 2.29. The van der Waals surface area contributed by atoms with Crippen molar-refractivity contribution in [2.75, 3.05) is 7.11 Å².